The van der Waals surface area contributed by atoms with Crippen LogP contribution >= 0.6 is 7.60 Å². The molecule has 0 spiro atoms. The number of carbonyl (C=O) groups is 6. The molecule has 2 amide bonds. The summed E-state index contributed by atoms with van der Waals surface area (Å²) < 4.78 is 52.4. The molecule has 0 aromatic carbocycles. The summed E-state index contributed by atoms with van der Waals surface area (Å²) in [6.07, 6.45) is -20.0. The first-order chi connectivity index (χ1) is 31.2. The lowest BCUT2D eigenvalue weighted by atomic mass is 9.77. The second-order valence-corrected chi connectivity index (χ2v) is 20.2. The molecule has 25 heteroatoms. The first kappa shape index (κ1) is 59.7. The smallest absolute Gasteiger partial charge is 0.326 e. The molecule has 0 aliphatic carbocycles. The Kier molecular flexibility index (Phi) is 24.7. The highest BCUT2D eigenvalue weighted by Crippen LogP contribution is 2.43. The van der Waals surface area contributed by atoms with E-state index in [4.69, 9.17) is 38.9 Å². The van der Waals surface area contributed by atoms with E-state index in [-0.39, 0.29) is 38.2 Å². The van der Waals surface area contributed by atoms with Crippen molar-refractivity contribution < 1.29 is 102 Å². The molecule has 388 valence electrons. The van der Waals surface area contributed by atoms with Crippen LogP contribution in [0.4, 0.5) is 0 Å². The number of rotatable bonds is 27. The van der Waals surface area contributed by atoms with Crippen LogP contribution < -0.4 is 16.4 Å². The van der Waals surface area contributed by atoms with Crippen LogP contribution in [0.5, 0.6) is 0 Å². The maximum absolute atomic E-state index is 14.1. The average Bonchev–Trinajstić information content (AvgIpc) is 3.22. The molecule has 0 aromatic rings. The molecule has 2 aliphatic rings. The highest BCUT2D eigenvalue weighted by Gasteiger charge is 2.53. The van der Waals surface area contributed by atoms with Gasteiger partial charge in [-0.25, -0.2) is 0 Å². The summed E-state index contributed by atoms with van der Waals surface area (Å²) in [5.74, 6) is -6.54. The Morgan fingerprint density at radius 3 is 1.94 bits per heavy atom. The molecule has 67 heavy (non-hydrogen) atoms. The molecule has 0 bridgehead atoms. The number of nitrogens with two attached hydrogens (primary N) is 1. The van der Waals surface area contributed by atoms with Gasteiger partial charge in [-0.05, 0) is 30.1 Å². The Bertz CT molecular complexity index is 1650. The van der Waals surface area contributed by atoms with Crippen molar-refractivity contribution in [2.45, 2.75) is 180 Å². The van der Waals surface area contributed by atoms with E-state index in [0.717, 1.165) is 0 Å². The first-order valence-electron chi connectivity index (χ1n) is 22.4. The number of aliphatic hydroxyl groups is 5. The molecule has 2 heterocycles. The van der Waals surface area contributed by atoms with Crippen LogP contribution in [0.25, 0.3) is 0 Å². The van der Waals surface area contributed by atoms with E-state index in [0.29, 0.717) is 0 Å². The molecule has 15 unspecified atom stereocenters. The van der Waals surface area contributed by atoms with Gasteiger partial charge in [0.1, 0.15) is 42.6 Å². The van der Waals surface area contributed by atoms with Crippen LogP contribution in [0.3, 0.4) is 0 Å². The molecule has 11 N–H and O–H groups in total. The number of ether oxygens (including phenoxy) is 7. The minimum absolute atomic E-state index is 0.0282. The van der Waals surface area contributed by atoms with Crippen LogP contribution in [-0.4, -0.2) is 177 Å². The number of nitrogens with one attached hydrogen (secondary N) is 2. The SMILES string of the molecule is CCC(O)CC(=O)OC1C(O)C(COC2OC(CO)C(CP(=O)(O)O)C(OC(=O)CC(OC(=O)CC(C)C)C(C)C(C)(C)C)C2NC(=O)CC(CC)OC=O)OC(O)C1NC(=O)CC(O)CN. The summed E-state index contributed by atoms with van der Waals surface area (Å²) in [5, 5.41) is 58.2. The zero-order chi connectivity index (χ0) is 51.0. The molecular formula is C42H74N3O21P. The molecule has 2 fully saturated rings. The van der Waals surface area contributed by atoms with Crippen LogP contribution in [-0.2, 0) is 66.5 Å². The fourth-order valence-corrected chi connectivity index (χ4v) is 8.36. The highest BCUT2D eigenvalue weighted by molar-refractivity contribution is 7.51. The summed E-state index contributed by atoms with van der Waals surface area (Å²) in [4.78, 5) is 97.9. The van der Waals surface area contributed by atoms with Gasteiger partial charge in [-0.15, -0.1) is 0 Å². The van der Waals surface area contributed by atoms with Gasteiger partial charge in [0.25, 0.3) is 6.47 Å². The van der Waals surface area contributed by atoms with Crippen molar-refractivity contribution in [1.82, 2.24) is 10.6 Å². The monoisotopic (exact) mass is 987 g/mol. The maximum atomic E-state index is 14.1. The zero-order valence-corrected chi connectivity index (χ0v) is 40.4. The lowest BCUT2D eigenvalue weighted by Gasteiger charge is -2.47. The van der Waals surface area contributed by atoms with E-state index in [2.05, 4.69) is 10.6 Å². The minimum Gasteiger partial charge on any atom is -0.464 e. The fourth-order valence-electron chi connectivity index (χ4n) is 7.36. The van der Waals surface area contributed by atoms with Gasteiger partial charge < -0.3 is 84.8 Å². The van der Waals surface area contributed by atoms with Crippen molar-refractivity contribution in [3.8, 4) is 0 Å². The second kappa shape index (κ2) is 27.7. The molecule has 2 aliphatic heterocycles. The quantitative estimate of drug-likeness (QED) is 0.0196. The van der Waals surface area contributed by atoms with Gasteiger partial charge in [0.2, 0.25) is 11.8 Å². The van der Waals surface area contributed by atoms with Gasteiger partial charge in [-0.2, -0.15) is 0 Å². The summed E-state index contributed by atoms with van der Waals surface area (Å²) >= 11 is 0. The van der Waals surface area contributed by atoms with Crippen LogP contribution in [0.2, 0.25) is 0 Å². The molecule has 24 nitrogen and oxygen atoms in total. The van der Waals surface area contributed by atoms with Gasteiger partial charge in [0.15, 0.2) is 18.7 Å². The predicted molar refractivity (Wildman–Crippen MR) is 232 cm³/mol. The third-order valence-electron chi connectivity index (χ3n) is 11.6. The van der Waals surface area contributed by atoms with Crippen LogP contribution in [0.15, 0.2) is 0 Å². The van der Waals surface area contributed by atoms with Crippen molar-refractivity contribution in [1.29, 1.82) is 0 Å². The molecule has 0 saturated carbocycles. The van der Waals surface area contributed by atoms with E-state index in [1.54, 1.807) is 34.6 Å². The highest BCUT2D eigenvalue weighted by atomic mass is 31.2. The Morgan fingerprint density at radius 1 is 0.806 bits per heavy atom. The van der Waals surface area contributed by atoms with Gasteiger partial charge in [-0.3, -0.25) is 33.3 Å². The topological polar surface area (TPSA) is 376 Å². The third kappa shape index (κ3) is 19.9. The summed E-state index contributed by atoms with van der Waals surface area (Å²) in [6, 6.07) is -3.36. The van der Waals surface area contributed by atoms with Crippen molar-refractivity contribution in [3.05, 3.63) is 0 Å². The number of hydrogen-bond acceptors (Lipinski definition) is 20. The summed E-state index contributed by atoms with van der Waals surface area (Å²) in [6.45, 7) is 12.2. The third-order valence-corrected chi connectivity index (χ3v) is 12.5. The molecule has 0 radical (unpaired) electrons. The first-order valence-corrected chi connectivity index (χ1v) is 24.2. The lowest BCUT2D eigenvalue weighted by Crippen LogP contribution is -2.67. The number of hydrogen-bond donors (Lipinski definition) is 10. The van der Waals surface area contributed by atoms with E-state index < -0.39 is 179 Å². The number of aliphatic hydroxyl groups excluding tert-OH is 5. The number of amides is 2. The van der Waals surface area contributed by atoms with E-state index in [1.807, 2.05) is 20.8 Å². The Morgan fingerprint density at radius 2 is 1.40 bits per heavy atom. The number of esters is 3. The van der Waals surface area contributed by atoms with Gasteiger partial charge >= 0.3 is 25.5 Å². The lowest BCUT2D eigenvalue weighted by molar-refractivity contribution is -0.294. The molecular weight excluding hydrogens is 913 g/mol. The maximum Gasteiger partial charge on any atom is 0.326 e. The molecule has 2 rings (SSSR count). The van der Waals surface area contributed by atoms with E-state index in [9.17, 15) is 68.7 Å². The van der Waals surface area contributed by atoms with Crippen molar-refractivity contribution in [2.24, 2.45) is 28.9 Å². The molecule has 0 aromatic heterocycles. The largest absolute Gasteiger partial charge is 0.464 e. The Labute approximate surface area is 390 Å². The average molecular weight is 988 g/mol. The van der Waals surface area contributed by atoms with Gasteiger partial charge in [0, 0.05) is 18.9 Å². The standard InChI is InChI=1S/C42H74N3O21P/c1-9-23(48)13-33(53)66-39-35(44-30(50)12-24(49)16-43)40(56)63-29(37(39)55)18-60-41-36(45-31(51)14-25(10-2)61-20-47)38(26(19-67(57,58)59)28(17-46)64-41)65-34(54)15-27(22(5)42(6,7)8)62-32(52)11-21(3)4/h20-29,35-41,46,48-49,55-56H,9-19,43H2,1-8H3,(H,44,50)(H,45,51)(H2,57,58,59). The number of carbonyl (C=O) groups excluding carboxylic acids is 6. The predicted octanol–water partition coefficient (Wildman–Crippen LogP) is -1.37. The summed E-state index contributed by atoms with van der Waals surface area (Å²) in [5.41, 5.74) is 4.89. The fraction of sp³-hybridized carbons (Fsp3) is 0.857. The van der Waals surface area contributed by atoms with Crippen LogP contribution in [0.1, 0.15) is 100 Å². The Hall–Kier alpha value is -3.39. The normalized spacial score (nSPS) is 28.0. The van der Waals surface area contributed by atoms with Crippen molar-refractivity contribution in [2.75, 3.05) is 25.9 Å². The second-order valence-electron chi connectivity index (χ2n) is 18.5. The van der Waals surface area contributed by atoms with Crippen LogP contribution in [0, 0.1) is 23.2 Å². The minimum atomic E-state index is -5.04. The zero-order valence-electron chi connectivity index (χ0n) is 39.5. The van der Waals surface area contributed by atoms with Crippen molar-refractivity contribution in [3.63, 3.8) is 0 Å². The Balaban J connectivity index is 2.66. The summed E-state index contributed by atoms with van der Waals surface area (Å²) in [7, 11) is -5.04. The molecule has 15 atom stereocenters. The van der Waals surface area contributed by atoms with Crippen molar-refractivity contribution >= 4 is 43.8 Å². The van der Waals surface area contributed by atoms with E-state index in [1.165, 1.54) is 0 Å². The van der Waals surface area contributed by atoms with Gasteiger partial charge in [-0.1, -0.05) is 55.4 Å². The van der Waals surface area contributed by atoms with Gasteiger partial charge in [0.05, 0.1) is 63.4 Å². The van der Waals surface area contributed by atoms with E-state index >= 15 is 0 Å². The molecule has 2 saturated heterocycles.